The van der Waals surface area contributed by atoms with Crippen LogP contribution in [0, 0.1) is 6.92 Å². The number of fused-ring (bicyclic) bond motifs is 3. The van der Waals surface area contributed by atoms with E-state index in [1.807, 2.05) is 30.3 Å². The molecule has 0 N–H and O–H groups in total. The minimum atomic E-state index is -0.512. The first-order valence-electron chi connectivity index (χ1n) is 8.92. The molecule has 0 atom stereocenters. The van der Waals surface area contributed by atoms with Gasteiger partial charge in [0.05, 0.1) is 18.5 Å². The molecule has 0 aliphatic rings. The van der Waals surface area contributed by atoms with Gasteiger partial charge in [-0.1, -0.05) is 23.4 Å². The molecule has 29 heavy (non-hydrogen) atoms. The van der Waals surface area contributed by atoms with Crippen molar-refractivity contribution in [2.24, 2.45) is 0 Å². The Morgan fingerprint density at radius 2 is 1.72 bits per heavy atom. The summed E-state index contributed by atoms with van der Waals surface area (Å²) in [6.45, 7) is 1.75. The highest BCUT2D eigenvalue weighted by atomic mass is 16.5. The Labute approximate surface area is 164 Å². The molecule has 0 saturated heterocycles. The number of ether oxygens (including phenoxy) is 1. The van der Waals surface area contributed by atoms with Crippen LogP contribution in [0.2, 0.25) is 0 Å². The lowest BCUT2D eigenvalue weighted by Crippen LogP contribution is -2.07. The largest absolute Gasteiger partial charge is 0.497 e. The van der Waals surface area contributed by atoms with E-state index in [2.05, 4.69) is 20.3 Å². The minimum Gasteiger partial charge on any atom is -0.497 e. The number of aryl methyl sites for hydroxylation is 1. The van der Waals surface area contributed by atoms with Gasteiger partial charge in [0.1, 0.15) is 16.7 Å². The molecule has 0 radical (unpaired) electrons. The average Bonchev–Trinajstić information content (AvgIpc) is 3.18. The van der Waals surface area contributed by atoms with Crippen molar-refractivity contribution < 1.29 is 9.15 Å². The Balaban J connectivity index is 1.79. The molecule has 0 spiro atoms. The van der Waals surface area contributed by atoms with E-state index in [1.54, 1.807) is 43.0 Å². The minimum absolute atomic E-state index is 0.200. The van der Waals surface area contributed by atoms with Crippen LogP contribution in [0.3, 0.4) is 0 Å². The van der Waals surface area contributed by atoms with Gasteiger partial charge < -0.3 is 9.15 Å². The predicted octanol–water partition coefficient (Wildman–Crippen LogP) is 3.30. The Hall–Kier alpha value is -4.07. The number of aromatic nitrogens is 5. The molecule has 8 heteroatoms. The summed E-state index contributed by atoms with van der Waals surface area (Å²) < 4.78 is 12.3. The fourth-order valence-electron chi connectivity index (χ4n) is 3.25. The van der Waals surface area contributed by atoms with Crippen molar-refractivity contribution in [3.8, 4) is 22.9 Å². The number of pyridine rings is 1. The van der Waals surface area contributed by atoms with Gasteiger partial charge in [-0.25, -0.2) is 14.8 Å². The third kappa shape index (κ3) is 2.73. The lowest BCUT2D eigenvalue weighted by atomic mass is 10.2. The molecule has 0 amide bonds. The first-order chi connectivity index (χ1) is 14.2. The molecule has 0 saturated carbocycles. The van der Waals surface area contributed by atoms with Crippen LogP contribution in [-0.4, -0.2) is 32.1 Å². The number of hydrogen-bond donors (Lipinski definition) is 0. The van der Waals surface area contributed by atoms with Crippen LogP contribution in [0.4, 0.5) is 0 Å². The zero-order valence-corrected chi connectivity index (χ0v) is 15.7. The van der Waals surface area contributed by atoms with Gasteiger partial charge in [-0.05, 0) is 43.3 Å². The Bertz CT molecular complexity index is 1410. The number of methoxy groups -OCH3 is 1. The number of nitrogens with zero attached hydrogens (tertiary/aromatic N) is 5. The molecule has 3 aromatic heterocycles. The van der Waals surface area contributed by atoms with Crippen LogP contribution >= 0.6 is 0 Å². The lowest BCUT2D eigenvalue weighted by molar-refractivity contribution is 0.415. The highest BCUT2D eigenvalue weighted by Crippen LogP contribution is 2.26. The van der Waals surface area contributed by atoms with E-state index in [9.17, 15) is 4.79 Å². The average molecular weight is 385 g/mol. The number of hydrogen-bond acceptors (Lipinski definition) is 7. The van der Waals surface area contributed by atoms with Crippen molar-refractivity contribution in [1.29, 1.82) is 0 Å². The second-order valence-corrected chi connectivity index (χ2v) is 6.46. The van der Waals surface area contributed by atoms with Gasteiger partial charge in [0.25, 0.3) is 0 Å². The number of benzene rings is 2. The van der Waals surface area contributed by atoms with E-state index >= 15 is 0 Å². The molecule has 142 valence electrons. The first-order valence-corrected chi connectivity index (χ1v) is 8.92. The number of para-hydroxylation sites is 1. The van der Waals surface area contributed by atoms with Crippen LogP contribution in [0.1, 0.15) is 5.69 Å². The monoisotopic (exact) mass is 385 g/mol. The second kappa shape index (κ2) is 6.52. The van der Waals surface area contributed by atoms with Crippen molar-refractivity contribution in [2.45, 2.75) is 6.92 Å². The summed E-state index contributed by atoms with van der Waals surface area (Å²) in [6, 6.07) is 16.7. The van der Waals surface area contributed by atoms with Gasteiger partial charge in [-0.15, -0.1) is 5.10 Å². The summed E-state index contributed by atoms with van der Waals surface area (Å²) >= 11 is 0. The highest BCUT2D eigenvalue weighted by molar-refractivity contribution is 6.00. The predicted molar refractivity (Wildman–Crippen MR) is 107 cm³/mol. The summed E-state index contributed by atoms with van der Waals surface area (Å²) in [4.78, 5) is 21.9. The van der Waals surface area contributed by atoms with Crippen LogP contribution in [-0.2, 0) is 0 Å². The molecule has 5 rings (SSSR count). The Kier molecular flexibility index (Phi) is 3.83. The van der Waals surface area contributed by atoms with Crippen molar-refractivity contribution in [2.75, 3.05) is 7.11 Å². The molecule has 0 unspecified atom stereocenters. The highest BCUT2D eigenvalue weighted by Gasteiger charge is 2.19. The maximum absolute atomic E-state index is 12.7. The van der Waals surface area contributed by atoms with Gasteiger partial charge in [-0.2, -0.15) is 4.68 Å². The smallest absolute Gasteiger partial charge is 0.349 e. The van der Waals surface area contributed by atoms with Gasteiger partial charge in [0.15, 0.2) is 11.2 Å². The number of rotatable bonds is 3. The fraction of sp³-hybridized carbons (Fsp3) is 0.0952. The van der Waals surface area contributed by atoms with Gasteiger partial charge in [0.2, 0.25) is 5.89 Å². The molecular weight excluding hydrogens is 370 g/mol. The van der Waals surface area contributed by atoms with Gasteiger partial charge >= 0.3 is 5.63 Å². The van der Waals surface area contributed by atoms with E-state index in [4.69, 9.17) is 9.15 Å². The van der Waals surface area contributed by atoms with E-state index in [1.165, 1.54) is 0 Å². The summed E-state index contributed by atoms with van der Waals surface area (Å²) in [5.74, 6) is 0.899. The van der Waals surface area contributed by atoms with Crippen LogP contribution in [0.15, 0.2) is 63.8 Å². The first kappa shape index (κ1) is 17.1. The zero-order valence-electron chi connectivity index (χ0n) is 15.7. The van der Waals surface area contributed by atoms with Gasteiger partial charge in [0, 0.05) is 5.56 Å². The lowest BCUT2D eigenvalue weighted by Gasteiger charge is -2.06. The topological polar surface area (TPSA) is 95.9 Å². The van der Waals surface area contributed by atoms with Crippen molar-refractivity contribution in [3.05, 3.63) is 70.7 Å². The fourth-order valence-corrected chi connectivity index (χ4v) is 3.25. The Morgan fingerprint density at radius 3 is 2.45 bits per heavy atom. The third-order valence-corrected chi connectivity index (χ3v) is 4.69. The molecule has 0 bridgehead atoms. The summed E-state index contributed by atoms with van der Waals surface area (Å²) in [5.41, 5.74) is 2.85. The van der Waals surface area contributed by atoms with Crippen molar-refractivity contribution >= 4 is 22.1 Å². The van der Waals surface area contributed by atoms with Gasteiger partial charge in [-0.3, -0.25) is 0 Å². The SMILES string of the molecule is COc1ccc(-c2nc3c(c(C)nc4c3nnn4-c3ccccc3)c(=O)o2)cc1. The molecular formula is C21H15N5O3. The quantitative estimate of drug-likeness (QED) is 0.470. The summed E-state index contributed by atoms with van der Waals surface area (Å²) in [7, 11) is 1.59. The van der Waals surface area contributed by atoms with E-state index in [0.29, 0.717) is 39.1 Å². The molecule has 0 aliphatic heterocycles. The molecule has 8 nitrogen and oxygen atoms in total. The van der Waals surface area contributed by atoms with Crippen molar-refractivity contribution in [3.63, 3.8) is 0 Å². The maximum Gasteiger partial charge on any atom is 0.349 e. The molecule has 2 aromatic carbocycles. The van der Waals surface area contributed by atoms with Crippen LogP contribution < -0.4 is 10.4 Å². The molecule has 3 heterocycles. The molecule has 5 aromatic rings. The Morgan fingerprint density at radius 1 is 0.966 bits per heavy atom. The maximum atomic E-state index is 12.7. The standard InChI is InChI=1S/C21H15N5O3/c1-12-16-17(18-19(22-12)26(25-24-18)14-6-4-3-5-7-14)23-20(29-21(16)27)13-8-10-15(28-2)11-9-13/h3-11H,1-2H3. The third-order valence-electron chi connectivity index (χ3n) is 4.69. The van der Waals surface area contributed by atoms with E-state index in [0.717, 1.165) is 5.69 Å². The summed E-state index contributed by atoms with van der Waals surface area (Å²) in [6.07, 6.45) is 0. The summed E-state index contributed by atoms with van der Waals surface area (Å²) in [5, 5.41) is 8.78. The van der Waals surface area contributed by atoms with Crippen LogP contribution in [0.5, 0.6) is 5.75 Å². The normalized spacial score (nSPS) is 11.2. The molecule has 0 fully saturated rings. The van der Waals surface area contributed by atoms with E-state index in [-0.39, 0.29) is 5.89 Å². The van der Waals surface area contributed by atoms with Crippen LogP contribution in [0.25, 0.3) is 39.2 Å². The van der Waals surface area contributed by atoms with Crippen molar-refractivity contribution in [1.82, 2.24) is 25.0 Å². The zero-order chi connectivity index (χ0) is 20.0. The van der Waals surface area contributed by atoms with E-state index < -0.39 is 5.63 Å². The second-order valence-electron chi connectivity index (χ2n) is 6.46. The molecule has 0 aliphatic carbocycles.